The molecule has 0 aliphatic rings. The van der Waals surface area contributed by atoms with Gasteiger partial charge in [-0.15, -0.1) is 10.2 Å². The van der Waals surface area contributed by atoms with Crippen LogP contribution < -0.4 is 0 Å². The van der Waals surface area contributed by atoms with Crippen LogP contribution in [-0.4, -0.2) is 22.8 Å². The lowest BCUT2D eigenvalue weighted by Crippen LogP contribution is -2.04. The van der Waals surface area contributed by atoms with Crippen molar-refractivity contribution in [3.63, 3.8) is 0 Å². The van der Waals surface area contributed by atoms with Crippen LogP contribution in [0.2, 0.25) is 0 Å². The van der Waals surface area contributed by atoms with Crippen LogP contribution in [0.4, 0.5) is 0 Å². The molecule has 1 aromatic heterocycles. The van der Waals surface area contributed by atoms with Gasteiger partial charge in [0.2, 0.25) is 5.89 Å². The van der Waals surface area contributed by atoms with Crippen LogP contribution in [0, 0.1) is 6.42 Å². The zero-order valence-electron chi connectivity index (χ0n) is 10.00. The number of aromatic nitrogens is 2. The van der Waals surface area contributed by atoms with Crippen molar-refractivity contribution >= 4 is 5.97 Å². The van der Waals surface area contributed by atoms with Gasteiger partial charge < -0.3 is 9.15 Å². The van der Waals surface area contributed by atoms with Crippen LogP contribution >= 0.6 is 0 Å². The van der Waals surface area contributed by atoms with E-state index >= 15 is 0 Å². The Morgan fingerprint density at radius 2 is 2.11 bits per heavy atom. The summed E-state index contributed by atoms with van der Waals surface area (Å²) in [4.78, 5) is 11.3. The molecule has 0 aliphatic carbocycles. The summed E-state index contributed by atoms with van der Waals surface area (Å²) in [5.74, 6) is -0.387. The van der Waals surface area contributed by atoms with Crippen molar-refractivity contribution < 1.29 is 13.9 Å². The topological polar surface area (TPSA) is 65.2 Å². The molecule has 2 rings (SSSR count). The van der Waals surface area contributed by atoms with Crippen LogP contribution in [0.5, 0.6) is 0 Å². The van der Waals surface area contributed by atoms with Crippen LogP contribution in [0.15, 0.2) is 34.7 Å². The van der Waals surface area contributed by atoms with Gasteiger partial charge in [0.05, 0.1) is 13.0 Å². The Balaban J connectivity index is 1.93. The molecular formula is C13H13N2O3. The van der Waals surface area contributed by atoms with E-state index in [-0.39, 0.29) is 12.5 Å². The SMILES string of the molecule is CCOC(=O)c1nnc([CH]Cc2ccccc2)o1. The highest BCUT2D eigenvalue weighted by molar-refractivity contribution is 5.83. The first-order valence-electron chi connectivity index (χ1n) is 5.67. The van der Waals surface area contributed by atoms with E-state index in [0.717, 1.165) is 5.56 Å². The molecule has 0 amide bonds. The van der Waals surface area contributed by atoms with Crippen molar-refractivity contribution in [1.29, 1.82) is 0 Å². The van der Waals surface area contributed by atoms with Crippen molar-refractivity contribution in [2.24, 2.45) is 0 Å². The number of nitrogens with zero attached hydrogens (tertiary/aromatic N) is 2. The van der Waals surface area contributed by atoms with E-state index in [9.17, 15) is 4.79 Å². The van der Waals surface area contributed by atoms with Crippen LogP contribution in [0.3, 0.4) is 0 Å². The predicted octanol–water partition coefficient (Wildman–Crippen LogP) is 2.04. The summed E-state index contributed by atoms with van der Waals surface area (Å²) in [7, 11) is 0. The van der Waals surface area contributed by atoms with Crippen molar-refractivity contribution in [1.82, 2.24) is 10.2 Å². The quantitative estimate of drug-likeness (QED) is 0.754. The molecule has 0 fully saturated rings. The summed E-state index contributed by atoms with van der Waals surface area (Å²) in [5, 5.41) is 7.39. The third-order valence-electron chi connectivity index (χ3n) is 2.25. The van der Waals surface area contributed by atoms with Gasteiger partial charge in [-0.1, -0.05) is 30.3 Å². The molecule has 5 heteroatoms. The molecule has 0 saturated heterocycles. The molecule has 0 N–H and O–H groups in total. The Morgan fingerprint density at radius 3 is 2.83 bits per heavy atom. The first-order chi connectivity index (χ1) is 8.79. The normalized spacial score (nSPS) is 10.3. The highest BCUT2D eigenvalue weighted by atomic mass is 16.5. The average molecular weight is 245 g/mol. The number of benzene rings is 1. The molecule has 0 atom stereocenters. The summed E-state index contributed by atoms with van der Waals surface area (Å²) in [6, 6.07) is 9.87. The van der Waals surface area contributed by atoms with Gasteiger partial charge in [0, 0.05) is 0 Å². The van der Waals surface area contributed by atoms with Gasteiger partial charge in [-0.05, 0) is 18.9 Å². The minimum atomic E-state index is -0.593. The predicted molar refractivity (Wildman–Crippen MR) is 63.8 cm³/mol. The molecule has 18 heavy (non-hydrogen) atoms. The first-order valence-corrected chi connectivity index (χ1v) is 5.67. The third-order valence-corrected chi connectivity index (χ3v) is 2.25. The second-order valence-electron chi connectivity index (χ2n) is 3.56. The minimum Gasteiger partial charge on any atom is -0.459 e. The molecule has 2 aromatic rings. The van der Waals surface area contributed by atoms with E-state index < -0.39 is 5.97 Å². The third kappa shape index (κ3) is 3.16. The van der Waals surface area contributed by atoms with Gasteiger partial charge in [-0.25, -0.2) is 4.79 Å². The number of rotatable bonds is 5. The summed E-state index contributed by atoms with van der Waals surface area (Å²) in [6.45, 7) is 2.00. The Hall–Kier alpha value is -2.17. The number of hydrogen-bond donors (Lipinski definition) is 0. The summed E-state index contributed by atoms with van der Waals surface area (Å²) in [5.41, 5.74) is 1.13. The van der Waals surface area contributed by atoms with E-state index in [1.165, 1.54) is 0 Å². The molecule has 1 aromatic carbocycles. The molecule has 0 spiro atoms. The zero-order valence-corrected chi connectivity index (χ0v) is 10.00. The van der Waals surface area contributed by atoms with Crippen LogP contribution in [0.25, 0.3) is 0 Å². The second-order valence-corrected chi connectivity index (χ2v) is 3.56. The van der Waals surface area contributed by atoms with Crippen molar-refractivity contribution in [2.45, 2.75) is 13.3 Å². The first kappa shape index (κ1) is 12.3. The Morgan fingerprint density at radius 1 is 1.33 bits per heavy atom. The molecule has 0 saturated carbocycles. The molecule has 93 valence electrons. The molecule has 1 radical (unpaired) electrons. The number of carbonyl (C=O) groups excluding carboxylic acids is 1. The fraction of sp³-hybridized carbons (Fsp3) is 0.231. The Labute approximate surface area is 105 Å². The highest BCUT2D eigenvalue weighted by Gasteiger charge is 2.15. The lowest BCUT2D eigenvalue weighted by molar-refractivity contribution is 0.0479. The van der Waals surface area contributed by atoms with Crippen molar-refractivity contribution in [3.8, 4) is 0 Å². The molecule has 0 unspecified atom stereocenters. The molecule has 0 aliphatic heterocycles. The van der Waals surface area contributed by atoms with E-state index in [0.29, 0.717) is 12.3 Å². The van der Waals surface area contributed by atoms with Crippen molar-refractivity contribution in [2.75, 3.05) is 6.61 Å². The Bertz CT molecular complexity index is 508. The summed E-state index contributed by atoms with van der Waals surface area (Å²) >= 11 is 0. The van der Waals surface area contributed by atoms with Gasteiger partial charge in [0.15, 0.2) is 0 Å². The maximum absolute atomic E-state index is 11.3. The van der Waals surface area contributed by atoms with E-state index in [2.05, 4.69) is 10.2 Å². The molecule has 5 nitrogen and oxygen atoms in total. The zero-order chi connectivity index (χ0) is 12.8. The smallest absolute Gasteiger partial charge is 0.396 e. The lowest BCUT2D eigenvalue weighted by atomic mass is 10.1. The Kier molecular flexibility index (Phi) is 4.06. The van der Waals surface area contributed by atoms with Gasteiger partial charge in [0.1, 0.15) is 0 Å². The summed E-state index contributed by atoms with van der Waals surface area (Å²) in [6.07, 6.45) is 2.44. The molecule has 1 heterocycles. The fourth-order valence-electron chi connectivity index (χ4n) is 1.41. The monoisotopic (exact) mass is 245 g/mol. The second kappa shape index (κ2) is 5.95. The lowest BCUT2D eigenvalue weighted by Gasteiger charge is -1.96. The van der Waals surface area contributed by atoms with Gasteiger partial charge in [0.25, 0.3) is 0 Å². The largest absolute Gasteiger partial charge is 0.459 e. The number of esters is 1. The number of hydrogen-bond acceptors (Lipinski definition) is 5. The minimum absolute atomic E-state index is 0.115. The fourth-order valence-corrected chi connectivity index (χ4v) is 1.41. The van der Waals surface area contributed by atoms with E-state index in [1.54, 1.807) is 13.3 Å². The van der Waals surface area contributed by atoms with Crippen LogP contribution in [-0.2, 0) is 11.2 Å². The molecule has 0 bridgehead atoms. The molecular weight excluding hydrogens is 232 g/mol. The average Bonchev–Trinajstić information content (AvgIpc) is 2.87. The number of ether oxygens (including phenoxy) is 1. The van der Waals surface area contributed by atoms with E-state index in [1.807, 2.05) is 30.3 Å². The van der Waals surface area contributed by atoms with Crippen LogP contribution in [0.1, 0.15) is 29.1 Å². The summed E-state index contributed by atoms with van der Waals surface area (Å²) < 4.78 is 9.92. The van der Waals surface area contributed by atoms with Gasteiger partial charge >= 0.3 is 11.9 Å². The van der Waals surface area contributed by atoms with Gasteiger partial charge in [-0.3, -0.25) is 0 Å². The number of carbonyl (C=O) groups is 1. The van der Waals surface area contributed by atoms with E-state index in [4.69, 9.17) is 9.15 Å². The maximum Gasteiger partial charge on any atom is 0.396 e. The standard InChI is InChI=1S/C13H13N2O3/c1-2-17-13(16)12-15-14-11(18-12)9-8-10-6-4-3-5-7-10/h3-7,9H,2,8H2,1H3. The van der Waals surface area contributed by atoms with Gasteiger partial charge in [-0.2, -0.15) is 0 Å². The van der Waals surface area contributed by atoms with Crippen molar-refractivity contribution in [3.05, 3.63) is 54.1 Å². The highest BCUT2D eigenvalue weighted by Crippen LogP contribution is 2.09. The maximum atomic E-state index is 11.3.